The Hall–Kier alpha value is -5.50. The molecule has 0 aliphatic carbocycles. The molecular weight excluding hydrogens is 512 g/mol. The van der Waals surface area contributed by atoms with Gasteiger partial charge in [0.25, 0.3) is 0 Å². The fourth-order valence-corrected chi connectivity index (χ4v) is 5.59. The highest BCUT2D eigenvalue weighted by Crippen LogP contribution is 2.31. The molecule has 1 aliphatic heterocycles. The van der Waals surface area contributed by atoms with E-state index in [-0.39, 0.29) is 12.3 Å². The molecule has 0 spiro atoms. The lowest BCUT2D eigenvalue weighted by Gasteiger charge is -2.32. The van der Waals surface area contributed by atoms with Crippen LogP contribution < -0.4 is 10.6 Å². The summed E-state index contributed by atoms with van der Waals surface area (Å²) in [5.41, 5.74) is 8.31. The minimum absolute atomic E-state index is 0.108. The number of rotatable bonds is 5. The minimum Gasteiger partial charge on any atom is -0.350 e. The van der Waals surface area contributed by atoms with Gasteiger partial charge in [-0.25, -0.2) is 4.99 Å². The lowest BCUT2D eigenvalue weighted by atomic mass is 9.94. The molecule has 6 aromatic carbocycles. The number of nitriles is 1. The van der Waals surface area contributed by atoms with Crippen LogP contribution >= 0.6 is 0 Å². The second-order valence-corrected chi connectivity index (χ2v) is 10.5. The van der Waals surface area contributed by atoms with Crippen molar-refractivity contribution in [2.24, 2.45) is 4.99 Å². The molecule has 4 nitrogen and oxygen atoms in total. The van der Waals surface area contributed by atoms with Crippen molar-refractivity contribution in [2.45, 2.75) is 12.3 Å². The summed E-state index contributed by atoms with van der Waals surface area (Å²) < 4.78 is 0. The van der Waals surface area contributed by atoms with Gasteiger partial charge in [0.1, 0.15) is 18.2 Å². The third kappa shape index (κ3) is 5.06. The van der Waals surface area contributed by atoms with Crippen LogP contribution in [0.4, 0.5) is 0 Å². The second-order valence-electron chi connectivity index (χ2n) is 10.5. The van der Waals surface area contributed by atoms with Crippen LogP contribution in [-0.4, -0.2) is 5.84 Å². The SMILES string of the molecule is N#Cc1cc(-c2ccc(-c3ccccc3)cc2)cc2cc(C3=NC(c4ccccc4)NC(c4ccccc4)N3)ccc12. The number of hydrogen-bond donors (Lipinski definition) is 2. The van der Waals surface area contributed by atoms with Gasteiger partial charge in [0.15, 0.2) is 0 Å². The van der Waals surface area contributed by atoms with E-state index in [1.165, 1.54) is 11.1 Å². The average Bonchev–Trinajstić information content (AvgIpc) is 3.08. The Morgan fingerprint density at radius 3 is 1.76 bits per heavy atom. The standard InChI is InChI=1S/C38H28N4/c39-25-34-24-32(28-18-16-27(17-19-28)26-10-4-1-5-11-26)23-33-22-31(20-21-35(33)34)38-41-36(29-12-6-2-7-13-29)40-37(42-38)30-14-8-3-9-15-30/h1-24,36-37,40H,(H,41,42). The van der Waals surface area contributed by atoms with Crippen molar-refractivity contribution in [3.8, 4) is 28.3 Å². The van der Waals surface area contributed by atoms with Crippen molar-refractivity contribution in [3.05, 3.63) is 168 Å². The highest BCUT2D eigenvalue weighted by atomic mass is 15.3. The molecule has 0 fully saturated rings. The molecular formula is C38H28N4. The van der Waals surface area contributed by atoms with Gasteiger partial charge < -0.3 is 5.32 Å². The fraction of sp³-hybridized carbons (Fsp3) is 0.0526. The molecule has 0 radical (unpaired) electrons. The summed E-state index contributed by atoms with van der Waals surface area (Å²) in [6.07, 6.45) is -0.309. The monoisotopic (exact) mass is 540 g/mol. The molecule has 6 aromatic rings. The summed E-state index contributed by atoms with van der Waals surface area (Å²) in [5, 5.41) is 19.2. The first-order chi connectivity index (χ1) is 20.7. The van der Waals surface area contributed by atoms with Crippen molar-refractivity contribution >= 4 is 16.6 Å². The quantitative estimate of drug-likeness (QED) is 0.231. The largest absolute Gasteiger partial charge is 0.350 e. The zero-order chi connectivity index (χ0) is 28.3. The van der Waals surface area contributed by atoms with E-state index in [1.807, 2.05) is 42.5 Å². The van der Waals surface area contributed by atoms with Crippen LogP contribution in [0, 0.1) is 11.3 Å². The maximum absolute atomic E-state index is 10.0. The fourth-order valence-electron chi connectivity index (χ4n) is 5.59. The van der Waals surface area contributed by atoms with E-state index in [0.29, 0.717) is 5.56 Å². The highest BCUT2D eigenvalue weighted by Gasteiger charge is 2.25. The van der Waals surface area contributed by atoms with Gasteiger partial charge in [-0.3, -0.25) is 5.32 Å². The number of aliphatic imine (C=N–C) groups is 1. The van der Waals surface area contributed by atoms with E-state index >= 15 is 0 Å². The molecule has 1 aliphatic rings. The van der Waals surface area contributed by atoms with Gasteiger partial charge in [-0.05, 0) is 62.4 Å². The molecule has 2 N–H and O–H groups in total. The molecule has 0 amide bonds. The van der Waals surface area contributed by atoms with Crippen molar-refractivity contribution in [1.82, 2.24) is 10.6 Å². The molecule has 2 atom stereocenters. The average molecular weight is 541 g/mol. The second kappa shape index (κ2) is 11.2. The molecule has 4 heteroatoms. The molecule has 0 saturated heterocycles. The van der Waals surface area contributed by atoms with Crippen molar-refractivity contribution in [2.75, 3.05) is 0 Å². The number of hydrogen-bond acceptors (Lipinski definition) is 4. The Bertz CT molecular complexity index is 1920. The smallest absolute Gasteiger partial charge is 0.131 e. The van der Waals surface area contributed by atoms with Gasteiger partial charge in [-0.15, -0.1) is 0 Å². The number of nitrogens with zero attached hydrogens (tertiary/aromatic N) is 2. The molecule has 7 rings (SSSR count). The molecule has 42 heavy (non-hydrogen) atoms. The lowest BCUT2D eigenvalue weighted by Crippen LogP contribution is -2.44. The van der Waals surface area contributed by atoms with Crippen LogP contribution in [0.15, 0.2) is 151 Å². The molecule has 2 unspecified atom stereocenters. The van der Waals surface area contributed by atoms with E-state index in [1.54, 1.807) is 0 Å². The summed E-state index contributed by atoms with van der Waals surface area (Å²) in [4.78, 5) is 5.10. The Labute approximate surface area is 245 Å². The molecule has 200 valence electrons. The normalized spacial score (nSPS) is 16.3. The van der Waals surface area contributed by atoms with Crippen molar-refractivity contribution < 1.29 is 0 Å². The Morgan fingerprint density at radius 1 is 0.548 bits per heavy atom. The molecule has 0 aromatic heterocycles. The summed E-state index contributed by atoms with van der Waals surface area (Å²) in [6.45, 7) is 0. The van der Waals surface area contributed by atoms with Gasteiger partial charge in [-0.2, -0.15) is 5.26 Å². The number of amidine groups is 1. The first-order valence-electron chi connectivity index (χ1n) is 14.1. The van der Waals surface area contributed by atoms with E-state index in [9.17, 15) is 5.26 Å². The van der Waals surface area contributed by atoms with E-state index in [0.717, 1.165) is 44.4 Å². The third-order valence-corrected chi connectivity index (χ3v) is 7.78. The highest BCUT2D eigenvalue weighted by molar-refractivity contribution is 6.04. The van der Waals surface area contributed by atoms with Crippen LogP contribution in [0.3, 0.4) is 0 Å². The summed E-state index contributed by atoms with van der Waals surface area (Å²) in [7, 11) is 0. The number of nitrogens with one attached hydrogen (secondary N) is 2. The lowest BCUT2D eigenvalue weighted by molar-refractivity contribution is 0.409. The topological polar surface area (TPSA) is 60.2 Å². The van der Waals surface area contributed by atoms with Gasteiger partial charge in [0, 0.05) is 5.56 Å². The number of benzene rings is 6. The Kier molecular flexibility index (Phi) is 6.77. The van der Waals surface area contributed by atoms with Crippen molar-refractivity contribution in [1.29, 1.82) is 5.26 Å². The van der Waals surface area contributed by atoms with Gasteiger partial charge in [0.05, 0.1) is 11.6 Å². The first kappa shape index (κ1) is 25.5. The predicted octanol–water partition coefficient (Wildman–Crippen LogP) is 8.38. The van der Waals surface area contributed by atoms with Crippen molar-refractivity contribution in [3.63, 3.8) is 0 Å². The number of fused-ring (bicyclic) bond motifs is 1. The Balaban J connectivity index is 1.28. The van der Waals surface area contributed by atoms with Gasteiger partial charge >= 0.3 is 0 Å². The van der Waals surface area contributed by atoms with Crippen LogP contribution in [0.5, 0.6) is 0 Å². The van der Waals surface area contributed by atoms with E-state index < -0.39 is 0 Å². The van der Waals surface area contributed by atoms with Crippen LogP contribution in [0.2, 0.25) is 0 Å². The third-order valence-electron chi connectivity index (χ3n) is 7.78. The molecule has 1 heterocycles. The predicted molar refractivity (Wildman–Crippen MR) is 171 cm³/mol. The van der Waals surface area contributed by atoms with E-state index in [2.05, 4.69) is 120 Å². The minimum atomic E-state index is -0.201. The maximum atomic E-state index is 10.0. The summed E-state index contributed by atoms with van der Waals surface area (Å²) in [6, 6.07) is 52.3. The van der Waals surface area contributed by atoms with Crippen LogP contribution in [0.25, 0.3) is 33.0 Å². The van der Waals surface area contributed by atoms with E-state index in [4.69, 9.17) is 4.99 Å². The summed E-state index contributed by atoms with van der Waals surface area (Å²) in [5.74, 6) is 0.814. The maximum Gasteiger partial charge on any atom is 0.131 e. The van der Waals surface area contributed by atoms with Crippen LogP contribution in [-0.2, 0) is 0 Å². The zero-order valence-electron chi connectivity index (χ0n) is 22.9. The van der Waals surface area contributed by atoms with Gasteiger partial charge in [0.2, 0.25) is 0 Å². The van der Waals surface area contributed by atoms with Crippen LogP contribution in [0.1, 0.15) is 34.6 Å². The first-order valence-corrected chi connectivity index (χ1v) is 14.1. The van der Waals surface area contributed by atoms with Gasteiger partial charge in [-0.1, -0.05) is 127 Å². The molecule has 0 bridgehead atoms. The zero-order valence-corrected chi connectivity index (χ0v) is 22.9. The molecule has 0 saturated carbocycles. The Morgan fingerprint density at radius 2 is 1.10 bits per heavy atom. The summed E-state index contributed by atoms with van der Waals surface area (Å²) >= 11 is 0.